The van der Waals surface area contributed by atoms with Gasteiger partial charge in [-0.1, -0.05) is 12.1 Å². The number of amidine groups is 1. The third-order valence-corrected chi connectivity index (χ3v) is 3.85. The number of carbonyl (C=O) groups is 1. The van der Waals surface area contributed by atoms with E-state index in [0.29, 0.717) is 17.1 Å². The van der Waals surface area contributed by atoms with Crippen LogP contribution in [0.5, 0.6) is 0 Å². The van der Waals surface area contributed by atoms with Gasteiger partial charge in [-0.15, -0.1) is 11.3 Å². The van der Waals surface area contributed by atoms with E-state index in [1.54, 1.807) is 17.4 Å². The first-order chi connectivity index (χ1) is 8.29. The molecule has 0 spiro atoms. The van der Waals surface area contributed by atoms with Crippen LogP contribution in [0.4, 0.5) is 5.69 Å². The Morgan fingerprint density at radius 3 is 3.00 bits per heavy atom. The number of para-hydroxylation sites is 1. The van der Waals surface area contributed by atoms with Gasteiger partial charge in [-0.25, -0.2) is 4.99 Å². The zero-order chi connectivity index (χ0) is 11.8. The Labute approximate surface area is 103 Å². The molecule has 0 saturated carbocycles. The summed E-state index contributed by atoms with van der Waals surface area (Å²) in [6.45, 7) is 0. The molecule has 0 bridgehead atoms. The van der Waals surface area contributed by atoms with E-state index in [4.69, 9.17) is 5.73 Å². The fourth-order valence-electron chi connectivity index (χ4n) is 2.06. The summed E-state index contributed by atoms with van der Waals surface area (Å²) in [7, 11) is 0. The van der Waals surface area contributed by atoms with E-state index in [2.05, 4.69) is 11.1 Å². The van der Waals surface area contributed by atoms with E-state index < -0.39 is 0 Å². The number of nitrogens with zero attached hydrogens (tertiary/aromatic N) is 1. The summed E-state index contributed by atoms with van der Waals surface area (Å²) in [5.74, 6) is 0.503. The van der Waals surface area contributed by atoms with Crippen LogP contribution >= 0.6 is 11.3 Å². The summed E-state index contributed by atoms with van der Waals surface area (Å²) < 4.78 is 0. The molecule has 0 saturated heterocycles. The second-order valence-corrected chi connectivity index (χ2v) is 4.84. The molecule has 1 aliphatic rings. The molecule has 0 fully saturated rings. The van der Waals surface area contributed by atoms with Crippen LogP contribution in [0.2, 0.25) is 0 Å². The lowest BCUT2D eigenvalue weighted by Crippen LogP contribution is -2.11. The zero-order valence-electron chi connectivity index (χ0n) is 9.01. The predicted octanol–water partition coefficient (Wildman–Crippen LogP) is 2.50. The maximum Gasteiger partial charge on any atom is 0.152 e. The van der Waals surface area contributed by atoms with Gasteiger partial charge in [0, 0.05) is 12.0 Å². The quantitative estimate of drug-likeness (QED) is 0.781. The van der Waals surface area contributed by atoms with Crippen LogP contribution in [0.25, 0.3) is 0 Å². The van der Waals surface area contributed by atoms with Gasteiger partial charge in [0.25, 0.3) is 0 Å². The van der Waals surface area contributed by atoms with Crippen LogP contribution in [-0.2, 0) is 6.42 Å². The molecule has 3 nitrogen and oxygen atoms in total. The van der Waals surface area contributed by atoms with E-state index in [1.807, 2.05) is 17.5 Å². The average molecular weight is 242 g/mol. The number of nitrogens with two attached hydrogens (primary N) is 1. The molecular formula is C13H10N2OS. The molecule has 0 aliphatic carbocycles. The lowest BCUT2D eigenvalue weighted by atomic mass is 10.0. The summed E-state index contributed by atoms with van der Waals surface area (Å²) in [6.07, 6.45) is 1.61. The Morgan fingerprint density at radius 2 is 2.18 bits per heavy atom. The summed E-state index contributed by atoms with van der Waals surface area (Å²) >= 11 is 1.59. The zero-order valence-corrected chi connectivity index (χ0v) is 9.83. The van der Waals surface area contributed by atoms with Crippen LogP contribution in [0.1, 0.15) is 26.4 Å². The number of thiophene rings is 1. The van der Waals surface area contributed by atoms with Crippen molar-refractivity contribution in [3.8, 4) is 0 Å². The van der Waals surface area contributed by atoms with Crippen LogP contribution in [0.3, 0.4) is 0 Å². The van der Waals surface area contributed by atoms with Crippen LogP contribution in [0.15, 0.2) is 34.6 Å². The van der Waals surface area contributed by atoms with Crippen molar-refractivity contribution in [2.75, 3.05) is 0 Å². The molecule has 1 aromatic carbocycles. The molecule has 0 atom stereocenters. The highest BCUT2D eigenvalue weighted by Gasteiger charge is 2.17. The number of benzene rings is 1. The third-order valence-electron chi connectivity index (χ3n) is 2.87. The normalized spacial score (nSPS) is 13.3. The number of aliphatic imine (C=N–C) groups is 1. The van der Waals surface area contributed by atoms with Crippen molar-refractivity contribution >= 4 is 29.1 Å². The molecule has 4 heteroatoms. The number of fused-ring (bicyclic) bond motifs is 2. The molecule has 2 aromatic rings. The first kappa shape index (κ1) is 10.2. The van der Waals surface area contributed by atoms with Gasteiger partial charge in [-0.3, -0.25) is 4.79 Å². The molecule has 2 N–H and O–H groups in total. The fourth-order valence-corrected chi connectivity index (χ4v) is 2.89. The number of hydrogen-bond donors (Lipinski definition) is 1. The van der Waals surface area contributed by atoms with Gasteiger partial charge in [0.05, 0.1) is 10.6 Å². The van der Waals surface area contributed by atoms with Gasteiger partial charge < -0.3 is 5.73 Å². The number of hydrogen-bond acceptors (Lipinski definition) is 4. The van der Waals surface area contributed by atoms with Gasteiger partial charge in [0.1, 0.15) is 5.84 Å². The molecule has 1 aliphatic heterocycles. The molecule has 0 amide bonds. The van der Waals surface area contributed by atoms with Crippen LogP contribution < -0.4 is 5.73 Å². The first-order valence-corrected chi connectivity index (χ1v) is 6.15. The summed E-state index contributed by atoms with van der Waals surface area (Å²) in [5.41, 5.74) is 9.51. The number of carbonyl (C=O) groups excluding carboxylic acids is 1. The van der Waals surface area contributed by atoms with E-state index >= 15 is 0 Å². The Bertz CT molecular complexity index is 628. The molecule has 1 aromatic heterocycles. The fraction of sp³-hybridized carbons (Fsp3) is 0.0769. The van der Waals surface area contributed by atoms with E-state index in [9.17, 15) is 4.79 Å². The van der Waals surface area contributed by atoms with Crippen molar-refractivity contribution in [2.24, 2.45) is 10.7 Å². The van der Waals surface area contributed by atoms with Gasteiger partial charge in [-0.2, -0.15) is 0 Å². The average Bonchev–Trinajstić information content (AvgIpc) is 2.74. The largest absolute Gasteiger partial charge is 0.382 e. The predicted molar refractivity (Wildman–Crippen MR) is 69.3 cm³/mol. The SMILES string of the molecule is NC1=Nc2c(C=O)cccc2Cc2ccsc21. The lowest BCUT2D eigenvalue weighted by Gasteiger charge is -2.04. The second-order valence-electron chi connectivity index (χ2n) is 3.92. The molecule has 2 heterocycles. The first-order valence-electron chi connectivity index (χ1n) is 5.27. The summed E-state index contributed by atoms with van der Waals surface area (Å²) in [5, 5.41) is 2.02. The van der Waals surface area contributed by atoms with Crippen molar-refractivity contribution in [1.29, 1.82) is 0 Å². The molecule has 3 rings (SSSR count). The minimum atomic E-state index is 0.503. The standard InChI is InChI=1S/C13H10N2OS/c14-13-12-9(4-5-17-12)6-8-2-1-3-10(7-16)11(8)15-13/h1-5,7H,6H2,(H2,14,15). The molecule has 0 radical (unpaired) electrons. The molecular weight excluding hydrogens is 232 g/mol. The van der Waals surface area contributed by atoms with E-state index in [0.717, 1.165) is 23.1 Å². The van der Waals surface area contributed by atoms with Gasteiger partial charge in [0.15, 0.2) is 6.29 Å². The minimum absolute atomic E-state index is 0.503. The third kappa shape index (κ3) is 1.57. The van der Waals surface area contributed by atoms with E-state index in [1.165, 1.54) is 5.56 Å². The Balaban J connectivity index is 2.28. The molecule has 84 valence electrons. The van der Waals surface area contributed by atoms with Crippen molar-refractivity contribution in [2.45, 2.75) is 6.42 Å². The Kier molecular flexibility index (Phi) is 2.30. The maximum absolute atomic E-state index is 11.0. The van der Waals surface area contributed by atoms with Gasteiger partial charge in [0.2, 0.25) is 0 Å². The highest BCUT2D eigenvalue weighted by molar-refractivity contribution is 7.12. The number of rotatable bonds is 1. The smallest absolute Gasteiger partial charge is 0.152 e. The van der Waals surface area contributed by atoms with Crippen LogP contribution in [0, 0.1) is 0 Å². The molecule has 0 unspecified atom stereocenters. The highest BCUT2D eigenvalue weighted by Crippen LogP contribution is 2.32. The lowest BCUT2D eigenvalue weighted by molar-refractivity contribution is 0.112. The topological polar surface area (TPSA) is 55.4 Å². The maximum atomic E-state index is 11.0. The van der Waals surface area contributed by atoms with E-state index in [-0.39, 0.29) is 0 Å². The minimum Gasteiger partial charge on any atom is -0.382 e. The summed E-state index contributed by atoms with van der Waals surface area (Å²) in [4.78, 5) is 16.4. The van der Waals surface area contributed by atoms with Gasteiger partial charge >= 0.3 is 0 Å². The Hall–Kier alpha value is -1.94. The Morgan fingerprint density at radius 1 is 1.29 bits per heavy atom. The van der Waals surface area contributed by atoms with Gasteiger partial charge in [-0.05, 0) is 28.6 Å². The van der Waals surface area contributed by atoms with Crippen molar-refractivity contribution < 1.29 is 4.79 Å². The van der Waals surface area contributed by atoms with Crippen molar-refractivity contribution in [3.05, 3.63) is 51.2 Å². The molecule has 17 heavy (non-hydrogen) atoms. The highest BCUT2D eigenvalue weighted by atomic mass is 32.1. The summed E-state index contributed by atoms with van der Waals surface area (Å²) in [6, 6.07) is 7.70. The number of aldehydes is 1. The van der Waals surface area contributed by atoms with Crippen molar-refractivity contribution in [3.63, 3.8) is 0 Å². The monoisotopic (exact) mass is 242 g/mol. The van der Waals surface area contributed by atoms with Crippen LogP contribution in [-0.4, -0.2) is 12.1 Å². The second kappa shape index (κ2) is 3.82. The van der Waals surface area contributed by atoms with Crippen molar-refractivity contribution in [1.82, 2.24) is 0 Å².